The molecule has 1 aromatic rings. The van der Waals surface area contributed by atoms with Crippen LogP contribution in [-0.2, 0) is 6.42 Å². The number of halogens is 1. The molecular weight excluding hydrogens is 216 g/mol. The fourth-order valence-corrected chi connectivity index (χ4v) is 2.99. The van der Waals surface area contributed by atoms with Crippen molar-refractivity contribution >= 4 is 11.6 Å². The van der Waals surface area contributed by atoms with Crippen molar-refractivity contribution in [3.05, 3.63) is 35.9 Å². The van der Waals surface area contributed by atoms with Crippen LogP contribution < -0.4 is 0 Å². The summed E-state index contributed by atoms with van der Waals surface area (Å²) in [5.41, 5.74) is 1.37. The molecule has 88 valence electrons. The first-order valence-corrected chi connectivity index (χ1v) is 6.96. The Morgan fingerprint density at radius 3 is 2.50 bits per heavy atom. The van der Waals surface area contributed by atoms with Gasteiger partial charge < -0.3 is 0 Å². The van der Waals surface area contributed by atoms with Crippen LogP contribution in [0.1, 0.15) is 44.1 Å². The molecule has 0 radical (unpaired) electrons. The molecule has 1 atom stereocenters. The minimum Gasteiger partial charge on any atom is -0.123 e. The summed E-state index contributed by atoms with van der Waals surface area (Å²) in [6, 6.07) is 10.6. The van der Waals surface area contributed by atoms with Crippen molar-refractivity contribution in [1.29, 1.82) is 0 Å². The molecule has 0 saturated heterocycles. The summed E-state index contributed by atoms with van der Waals surface area (Å²) < 4.78 is 0. The van der Waals surface area contributed by atoms with Gasteiger partial charge in [-0.25, -0.2) is 0 Å². The zero-order valence-corrected chi connectivity index (χ0v) is 10.6. The lowest BCUT2D eigenvalue weighted by Gasteiger charge is -2.13. The van der Waals surface area contributed by atoms with E-state index in [1.165, 1.54) is 44.1 Å². The molecule has 1 saturated carbocycles. The maximum absolute atomic E-state index is 6.39. The van der Waals surface area contributed by atoms with Gasteiger partial charge in [-0.15, -0.1) is 11.6 Å². The van der Waals surface area contributed by atoms with Crippen molar-refractivity contribution in [1.82, 2.24) is 0 Å². The van der Waals surface area contributed by atoms with Crippen LogP contribution in [0.25, 0.3) is 0 Å². The topological polar surface area (TPSA) is 0 Å². The highest BCUT2D eigenvalue weighted by Crippen LogP contribution is 2.30. The third-order valence-corrected chi connectivity index (χ3v) is 4.04. The van der Waals surface area contributed by atoms with E-state index in [0.717, 1.165) is 12.3 Å². The first kappa shape index (κ1) is 12.0. The molecule has 0 nitrogen and oxygen atoms in total. The number of hydrogen-bond acceptors (Lipinski definition) is 0. The molecule has 0 aliphatic heterocycles. The molecule has 1 aliphatic rings. The average molecular weight is 237 g/mol. The Hall–Kier alpha value is -0.490. The van der Waals surface area contributed by atoms with Gasteiger partial charge in [0.05, 0.1) is 0 Å². The summed E-state index contributed by atoms with van der Waals surface area (Å²) in [6.45, 7) is 0. The van der Waals surface area contributed by atoms with Crippen molar-refractivity contribution < 1.29 is 0 Å². The molecule has 0 bridgehead atoms. The molecule has 1 unspecified atom stereocenters. The van der Waals surface area contributed by atoms with E-state index in [0.29, 0.717) is 5.38 Å². The molecule has 1 aromatic carbocycles. The van der Waals surface area contributed by atoms with Crippen LogP contribution in [0.5, 0.6) is 0 Å². The molecule has 0 amide bonds. The van der Waals surface area contributed by atoms with Gasteiger partial charge in [0.2, 0.25) is 0 Å². The second-order valence-corrected chi connectivity index (χ2v) is 5.63. The van der Waals surface area contributed by atoms with Crippen LogP contribution in [0.15, 0.2) is 30.3 Å². The maximum Gasteiger partial charge on any atom is 0.0376 e. The Morgan fingerprint density at radius 2 is 1.81 bits per heavy atom. The summed E-state index contributed by atoms with van der Waals surface area (Å²) >= 11 is 6.39. The molecule has 0 heterocycles. The molecule has 1 fully saturated rings. The second kappa shape index (κ2) is 6.30. The van der Waals surface area contributed by atoms with E-state index in [-0.39, 0.29) is 0 Å². The lowest BCUT2D eigenvalue weighted by atomic mass is 9.98. The van der Waals surface area contributed by atoms with Crippen LogP contribution >= 0.6 is 11.6 Å². The molecule has 1 aliphatic carbocycles. The third kappa shape index (κ3) is 3.83. The predicted octanol–water partition coefficient (Wildman–Crippen LogP) is 4.81. The van der Waals surface area contributed by atoms with Crippen LogP contribution in [-0.4, -0.2) is 5.38 Å². The third-order valence-electron chi connectivity index (χ3n) is 3.66. The molecule has 16 heavy (non-hydrogen) atoms. The number of alkyl halides is 1. The van der Waals surface area contributed by atoms with Gasteiger partial charge in [-0.1, -0.05) is 56.0 Å². The minimum absolute atomic E-state index is 0.322. The van der Waals surface area contributed by atoms with Gasteiger partial charge in [0, 0.05) is 5.38 Å². The van der Waals surface area contributed by atoms with Crippen LogP contribution in [0.4, 0.5) is 0 Å². The maximum atomic E-state index is 6.39. The second-order valence-electron chi connectivity index (χ2n) is 5.01. The van der Waals surface area contributed by atoms with Gasteiger partial charge in [0.15, 0.2) is 0 Å². The van der Waals surface area contributed by atoms with E-state index in [4.69, 9.17) is 11.6 Å². The predicted molar refractivity (Wildman–Crippen MR) is 71.0 cm³/mol. The fraction of sp³-hybridized carbons (Fsp3) is 0.600. The Balaban J connectivity index is 1.69. The van der Waals surface area contributed by atoms with Crippen molar-refractivity contribution in [2.45, 2.75) is 50.3 Å². The number of rotatable bonds is 5. The summed E-state index contributed by atoms with van der Waals surface area (Å²) in [5.74, 6) is 0.969. The summed E-state index contributed by atoms with van der Waals surface area (Å²) in [5, 5.41) is 0.322. The van der Waals surface area contributed by atoms with Crippen LogP contribution in [0.3, 0.4) is 0 Å². The normalized spacial score (nSPS) is 18.8. The van der Waals surface area contributed by atoms with E-state index in [1.807, 2.05) is 0 Å². The average Bonchev–Trinajstić information content (AvgIpc) is 2.81. The van der Waals surface area contributed by atoms with Gasteiger partial charge in [0.25, 0.3) is 0 Å². The van der Waals surface area contributed by atoms with Crippen LogP contribution in [0.2, 0.25) is 0 Å². The Labute approximate surface area is 104 Å². The van der Waals surface area contributed by atoms with E-state index in [9.17, 15) is 0 Å². The van der Waals surface area contributed by atoms with Crippen LogP contribution in [0, 0.1) is 5.92 Å². The van der Waals surface area contributed by atoms with Gasteiger partial charge >= 0.3 is 0 Å². The largest absolute Gasteiger partial charge is 0.123 e. The highest BCUT2D eigenvalue weighted by Gasteiger charge is 2.16. The summed E-state index contributed by atoms with van der Waals surface area (Å²) in [4.78, 5) is 0. The zero-order chi connectivity index (χ0) is 11.2. The first-order chi connectivity index (χ1) is 7.84. The van der Waals surface area contributed by atoms with Gasteiger partial charge in [0.1, 0.15) is 0 Å². The Kier molecular flexibility index (Phi) is 4.71. The fourth-order valence-electron chi connectivity index (χ4n) is 2.69. The Bertz CT molecular complexity index is 288. The highest BCUT2D eigenvalue weighted by atomic mass is 35.5. The molecule has 1 heteroatoms. The quantitative estimate of drug-likeness (QED) is 0.644. The lowest BCUT2D eigenvalue weighted by Crippen LogP contribution is -2.06. The molecule has 0 N–H and O–H groups in total. The number of hydrogen-bond donors (Lipinski definition) is 0. The first-order valence-electron chi connectivity index (χ1n) is 6.52. The van der Waals surface area contributed by atoms with Crippen molar-refractivity contribution in [3.8, 4) is 0 Å². The molecule has 0 aromatic heterocycles. The zero-order valence-electron chi connectivity index (χ0n) is 9.87. The SMILES string of the molecule is ClC(CCC1CCCC1)Cc1ccccc1. The molecular formula is C15H21Cl. The summed E-state index contributed by atoms with van der Waals surface area (Å²) in [6.07, 6.45) is 9.30. The van der Waals surface area contributed by atoms with E-state index >= 15 is 0 Å². The standard InChI is InChI=1S/C15H21Cl/c16-15(11-10-13-6-4-5-7-13)12-14-8-2-1-3-9-14/h1-3,8-9,13,15H,4-7,10-12H2. The minimum atomic E-state index is 0.322. The summed E-state index contributed by atoms with van der Waals surface area (Å²) in [7, 11) is 0. The van der Waals surface area contributed by atoms with Crippen molar-refractivity contribution in [2.24, 2.45) is 5.92 Å². The smallest absolute Gasteiger partial charge is 0.0376 e. The highest BCUT2D eigenvalue weighted by molar-refractivity contribution is 6.20. The Morgan fingerprint density at radius 1 is 1.12 bits per heavy atom. The lowest BCUT2D eigenvalue weighted by molar-refractivity contribution is 0.476. The van der Waals surface area contributed by atoms with E-state index in [2.05, 4.69) is 30.3 Å². The van der Waals surface area contributed by atoms with Crippen molar-refractivity contribution in [2.75, 3.05) is 0 Å². The van der Waals surface area contributed by atoms with Gasteiger partial charge in [-0.2, -0.15) is 0 Å². The number of benzene rings is 1. The monoisotopic (exact) mass is 236 g/mol. The van der Waals surface area contributed by atoms with Gasteiger partial charge in [-0.3, -0.25) is 0 Å². The molecule has 0 spiro atoms. The molecule has 2 rings (SSSR count). The van der Waals surface area contributed by atoms with E-state index in [1.54, 1.807) is 0 Å². The van der Waals surface area contributed by atoms with Crippen molar-refractivity contribution in [3.63, 3.8) is 0 Å². The van der Waals surface area contributed by atoms with Gasteiger partial charge in [-0.05, 0) is 30.7 Å². The van der Waals surface area contributed by atoms with E-state index < -0.39 is 0 Å².